The fraction of sp³-hybridized carbons (Fsp3) is 0.167. The molecule has 0 heterocycles. The molecule has 0 aliphatic carbocycles. The van der Waals surface area contributed by atoms with Gasteiger partial charge in [0.2, 0.25) is 0 Å². The van der Waals surface area contributed by atoms with Crippen LogP contribution in [0.25, 0.3) is 5.70 Å². The van der Waals surface area contributed by atoms with Crippen molar-refractivity contribution in [1.29, 1.82) is 0 Å². The lowest BCUT2D eigenvalue weighted by molar-refractivity contribution is 0.354. The fourth-order valence-corrected chi connectivity index (χ4v) is 2.93. The summed E-state index contributed by atoms with van der Waals surface area (Å²) in [5.41, 5.74) is 8.94. The van der Waals surface area contributed by atoms with Gasteiger partial charge in [-0.05, 0) is 24.4 Å². The second kappa shape index (κ2) is 8.29. The van der Waals surface area contributed by atoms with Gasteiger partial charge in [0, 0.05) is 11.3 Å². The summed E-state index contributed by atoms with van der Waals surface area (Å²) >= 11 is 1.52. The molecule has 2 N–H and O–H groups in total. The first-order valence-corrected chi connectivity index (χ1v) is 8.03. The summed E-state index contributed by atoms with van der Waals surface area (Å²) in [5, 5.41) is 0.640. The van der Waals surface area contributed by atoms with Gasteiger partial charge in [0.1, 0.15) is 0 Å². The number of benzene rings is 2. The second-order valence-electron chi connectivity index (χ2n) is 4.72. The Balaban J connectivity index is 2.16. The third-order valence-electron chi connectivity index (χ3n) is 3.28. The molecule has 0 unspecified atom stereocenters. The average molecular weight is 328 g/mol. The third-order valence-corrected chi connectivity index (χ3v) is 4.26. The molecule has 2 rings (SSSR count). The summed E-state index contributed by atoms with van der Waals surface area (Å²) in [5.74, 6) is 2.12. The van der Waals surface area contributed by atoms with Gasteiger partial charge in [-0.15, -0.1) is 11.8 Å². The molecule has 0 radical (unpaired) electrons. The molecule has 0 saturated heterocycles. The lowest BCUT2D eigenvalue weighted by atomic mass is 10.2. The quantitative estimate of drug-likeness (QED) is 0.783. The lowest BCUT2D eigenvalue weighted by Crippen LogP contribution is -1.98. The number of nitrogens with zero attached hydrogens (tertiary/aromatic N) is 1. The van der Waals surface area contributed by atoms with E-state index in [2.05, 4.69) is 11.7 Å². The van der Waals surface area contributed by atoms with Crippen LogP contribution in [0, 0.1) is 0 Å². The normalized spacial score (nSPS) is 11.6. The Morgan fingerprint density at radius 2 is 1.78 bits per heavy atom. The smallest absolute Gasteiger partial charge is 0.161 e. The van der Waals surface area contributed by atoms with E-state index in [0.29, 0.717) is 28.0 Å². The zero-order valence-corrected chi connectivity index (χ0v) is 14.1. The number of rotatable bonds is 7. The van der Waals surface area contributed by atoms with Crippen LogP contribution in [0.4, 0.5) is 0 Å². The maximum Gasteiger partial charge on any atom is 0.161 e. The number of nitrogens with two attached hydrogens (primary N) is 1. The van der Waals surface area contributed by atoms with Crippen molar-refractivity contribution in [3.8, 4) is 11.5 Å². The van der Waals surface area contributed by atoms with E-state index in [0.717, 1.165) is 11.1 Å². The van der Waals surface area contributed by atoms with E-state index in [4.69, 9.17) is 15.2 Å². The zero-order valence-electron chi connectivity index (χ0n) is 13.3. The van der Waals surface area contributed by atoms with Gasteiger partial charge >= 0.3 is 0 Å². The van der Waals surface area contributed by atoms with Crippen LogP contribution in [-0.4, -0.2) is 20.9 Å². The van der Waals surface area contributed by atoms with Gasteiger partial charge in [-0.1, -0.05) is 36.4 Å². The standard InChI is InChI=1S/C18H20N2O2S/c1-20-17(14-7-5-4-6-8-14)18(19)23-12-13-9-10-15(21-2)16(11-13)22-3/h4-11H,1,12,19H2,2-3H3/b18-17-. The van der Waals surface area contributed by atoms with Crippen molar-refractivity contribution in [1.82, 2.24) is 0 Å². The second-order valence-corrected chi connectivity index (χ2v) is 5.73. The van der Waals surface area contributed by atoms with Crippen molar-refractivity contribution in [3.63, 3.8) is 0 Å². The van der Waals surface area contributed by atoms with Gasteiger partial charge in [0.05, 0.1) is 24.9 Å². The summed E-state index contributed by atoms with van der Waals surface area (Å²) in [4.78, 5) is 4.07. The summed E-state index contributed by atoms with van der Waals surface area (Å²) in [7, 11) is 3.24. The monoisotopic (exact) mass is 328 g/mol. The topological polar surface area (TPSA) is 56.8 Å². The molecule has 120 valence electrons. The molecule has 0 amide bonds. The Bertz CT molecular complexity index is 699. The molecule has 23 heavy (non-hydrogen) atoms. The Labute approximate surface area is 141 Å². The van der Waals surface area contributed by atoms with E-state index < -0.39 is 0 Å². The molecule has 2 aromatic carbocycles. The van der Waals surface area contributed by atoms with Crippen molar-refractivity contribution in [2.75, 3.05) is 14.2 Å². The van der Waals surface area contributed by atoms with Crippen LogP contribution < -0.4 is 15.2 Å². The lowest BCUT2D eigenvalue weighted by Gasteiger charge is -2.10. The number of methoxy groups -OCH3 is 2. The minimum Gasteiger partial charge on any atom is -0.493 e. The number of hydrogen-bond donors (Lipinski definition) is 1. The van der Waals surface area contributed by atoms with Crippen molar-refractivity contribution < 1.29 is 9.47 Å². The molecule has 0 saturated carbocycles. The molecule has 0 fully saturated rings. The first kappa shape index (κ1) is 17.0. The minimum atomic E-state index is 0.640. The highest BCUT2D eigenvalue weighted by molar-refractivity contribution is 8.02. The van der Waals surface area contributed by atoms with E-state index in [1.807, 2.05) is 48.5 Å². The summed E-state index contributed by atoms with van der Waals surface area (Å²) in [6, 6.07) is 15.6. The molecular weight excluding hydrogens is 308 g/mol. The summed E-state index contributed by atoms with van der Waals surface area (Å²) in [6.45, 7) is 3.63. The Morgan fingerprint density at radius 1 is 1.09 bits per heavy atom. The molecule has 4 nitrogen and oxygen atoms in total. The number of ether oxygens (including phenoxy) is 2. The largest absolute Gasteiger partial charge is 0.493 e. The van der Waals surface area contributed by atoms with Crippen LogP contribution in [0.15, 0.2) is 58.6 Å². The van der Waals surface area contributed by atoms with E-state index in [1.165, 1.54) is 11.8 Å². The predicted octanol–water partition coefficient (Wildman–Crippen LogP) is 3.92. The molecule has 0 aliphatic rings. The third kappa shape index (κ3) is 4.29. The zero-order chi connectivity index (χ0) is 16.7. The molecule has 0 bridgehead atoms. The molecule has 0 spiro atoms. The molecule has 5 heteroatoms. The highest BCUT2D eigenvalue weighted by Gasteiger charge is 2.08. The Kier molecular flexibility index (Phi) is 6.11. The van der Waals surface area contributed by atoms with Gasteiger partial charge in [0.15, 0.2) is 11.5 Å². The van der Waals surface area contributed by atoms with Crippen LogP contribution in [0.2, 0.25) is 0 Å². The van der Waals surface area contributed by atoms with E-state index in [9.17, 15) is 0 Å². The molecule has 2 aromatic rings. The van der Waals surface area contributed by atoms with E-state index in [1.54, 1.807) is 14.2 Å². The summed E-state index contributed by atoms with van der Waals surface area (Å²) in [6.07, 6.45) is 0. The average Bonchev–Trinajstić information content (AvgIpc) is 2.61. The summed E-state index contributed by atoms with van der Waals surface area (Å²) < 4.78 is 10.6. The van der Waals surface area contributed by atoms with Gasteiger partial charge in [-0.25, -0.2) is 0 Å². The van der Waals surface area contributed by atoms with E-state index in [-0.39, 0.29) is 0 Å². The number of thioether (sulfide) groups is 1. The van der Waals surface area contributed by atoms with Crippen molar-refractivity contribution >= 4 is 24.2 Å². The Hall–Kier alpha value is -2.40. The predicted molar refractivity (Wildman–Crippen MR) is 97.9 cm³/mol. The van der Waals surface area contributed by atoms with Gasteiger partial charge in [0.25, 0.3) is 0 Å². The highest BCUT2D eigenvalue weighted by atomic mass is 32.2. The highest BCUT2D eigenvalue weighted by Crippen LogP contribution is 2.31. The SMILES string of the molecule is C=N/C(=C(/N)SCc1ccc(OC)c(OC)c1)c1ccccc1. The van der Waals surface area contributed by atoms with Gasteiger partial charge in [-0.3, -0.25) is 4.99 Å². The first-order valence-electron chi connectivity index (χ1n) is 7.05. The van der Waals surface area contributed by atoms with Crippen LogP contribution in [-0.2, 0) is 5.75 Å². The van der Waals surface area contributed by atoms with Crippen LogP contribution in [0.1, 0.15) is 11.1 Å². The Morgan fingerprint density at radius 3 is 2.39 bits per heavy atom. The van der Waals surface area contributed by atoms with Crippen molar-refractivity contribution in [3.05, 3.63) is 64.7 Å². The molecular formula is C18H20N2O2S. The molecule has 0 aromatic heterocycles. The number of aliphatic imine (C=N–C) groups is 1. The van der Waals surface area contributed by atoms with Crippen molar-refractivity contribution in [2.45, 2.75) is 5.75 Å². The van der Waals surface area contributed by atoms with Crippen LogP contribution in [0.3, 0.4) is 0 Å². The van der Waals surface area contributed by atoms with Gasteiger partial charge in [-0.2, -0.15) is 0 Å². The van der Waals surface area contributed by atoms with E-state index >= 15 is 0 Å². The first-order chi connectivity index (χ1) is 11.2. The number of hydrogen-bond acceptors (Lipinski definition) is 5. The van der Waals surface area contributed by atoms with Gasteiger partial charge < -0.3 is 15.2 Å². The van der Waals surface area contributed by atoms with Crippen LogP contribution in [0.5, 0.6) is 11.5 Å². The molecule has 0 atom stereocenters. The minimum absolute atomic E-state index is 0.640. The maximum atomic E-state index is 6.19. The molecule has 0 aliphatic heterocycles. The van der Waals surface area contributed by atoms with Crippen molar-refractivity contribution in [2.24, 2.45) is 10.7 Å². The maximum absolute atomic E-state index is 6.19. The van der Waals surface area contributed by atoms with Crippen LogP contribution >= 0.6 is 11.8 Å². The fourth-order valence-electron chi connectivity index (χ4n) is 2.11.